The van der Waals surface area contributed by atoms with Gasteiger partial charge in [0.1, 0.15) is 5.54 Å². The first-order valence-electron chi connectivity index (χ1n) is 3.68. The second kappa shape index (κ2) is 3.07. The molecule has 7 heteroatoms. The Hall–Kier alpha value is -1.40. The summed E-state index contributed by atoms with van der Waals surface area (Å²) in [7, 11) is 0. The number of hydrogen-bond donors (Lipinski definition) is 1. The molecule has 0 fully saturated rings. The molecule has 0 saturated carbocycles. The van der Waals surface area contributed by atoms with Gasteiger partial charge in [-0.1, -0.05) is 0 Å². The minimum atomic E-state index is -4.57. The Balaban J connectivity index is 2.86. The number of carbonyl (C=O) groups is 1. The van der Waals surface area contributed by atoms with Gasteiger partial charge < -0.3 is 5.11 Å². The van der Waals surface area contributed by atoms with Crippen LogP contribution in [-0.2, 0) is 4.79 Å². The minimum Gasteiger partial charge on any atom is -0.481 e. The van der Waals surface area contributed by atoms with Gasteiger partial charge in [-0.05, 0) is 13.0 Å². The molecule has 0 aromatic rings. The fourth-order valence-electron chi connectivity index (χ4n) is 1.05. The molecule has 78 valence electrons. The third kappa shape index (κ3) is 2.30. The highest BCUT2D eigenvalue weighted by Crippen LogP contribution is 2.36. The number of halogens is 3. The Morgan fingerprint density at radius 1 is 1.64 bits per heavy atom. The number of hydrogen-bond acceptors (Lipinski definition) is 3. The van der Waals surface area contributed by atoms with E-state index in [2.05, 4.69) is 10.2 Å². The average molecular weight is 208 g/mol. The van der Waals surface area contributed by atoms with E-state index in [9.17, 15) is 18.0 Å². The van der Waals surface area contributed by atoms with Crippen LogP contribution in [-0.4, -0.2) is 22.8 Å². The van der Waals surface area contributed by atoms with E-state index in [0.29, 0.717) is 0 Å². The quantitative estimate of drug-likeness (QED) is 0.755. The highest BCUT2D eigenvalue weighted by molar-refractivity contribution is 5.69. The largest absolute Gasteiger partial charge is 0.481 e. The predicted molar refractivity (Wildman–Crippen MR) is 39.7 cm³/mol. The molecule has 1 unspecified atom stereocenters. The second-order valence-electron chi connectivity index (χ2n) is 3.16. The second-order valence-corrected chi connectivity index (χ2v) is 3.16. The topological polar surface area (TPSA) is 62.0 Å². The van der Waals surface area contributed by atoms with Crippen LogP contribution < -0.4 is 0 Å². The van der Waals surface area contributed by atoms with Crippen molar-refractivity contribution < 1.29 is 23.1 Å². The number of nitrogens with zero attached hydrogens (tertiary/aromatic N) is 2. The van der Waals surface area contributed by atoms with Gasteiger partial charge in [-0.25, -0.2) is 0 Å². The van der Waals surface area contributed by atoms with Crippen LogP contribution in [0.3, 0.4) is 0 Å². The standard InChI is InChI=1S/C7H7F3N2O2/c1-6(3-5(13)14)2-4(11-12-6)7(8,9)10/h2H,3H2,1H3,(H,13,14). The van der Waals surface area contributed by atoms with E-state index in [1.54, 1.807) is 0 Å². The Morgan fingerprint density at radius 3 is 2.57 bits per heavy atom. The third-order valence-electron chi connectivity index (χ3n) is 1.63. The van der Waals surface area contributed by atoms with Gasteiger partial charge in [-0.3, -0.25) is 4.79 Å². The number of alkyl halides is 3. The molecule has 14 heavy (non-hydrogen) atoms. The van der Waals surface area contributed by atoms with Crippen molar-refractivity contribution >= 4 is 5.97 Å². The first-order valence-corrected chi connectivity index (χ1v) is 3.68. The van der Waals surface area contributed by atoms with Crippen LogP contribution in [0.15, 0.2) is 22.0 Å². The van der Waals surface area contributed by atoms with E-state index >= 15 is 0 Å². The zero-order valence-corrected chi connectivity index (χ0v) is 7.17. The smallest absolute Gasteiger partial charge is 0.434 e. The fraction of sp³-hybridized carbons (Fsp3) is 0.571. The summed E-state index contributed by atoms with van der Waals surface area (Å²) in [4.78, 5) is 10.3. The SMILES string of the molecule is CC1(CC(=O)O)C=C(C(F)(F)F)N=N1. The van der Waals surface area contributed by atoms with Crippen molar-refractivity contribution in [2.75, 3.05) is 0 Å². The van der Waals surface area contributed by atoms with Gasteiger partial charge in [0, 0.05) is 0 Å². The van der Waals surface area contributed by atoms with Gasteiger partial charge in [-0.15, -0.1) is 0 Å². The lowest BCUT2D eigenvalue weighted by Gasteiger charge is -2.12. The van der Waals surface area contributed by atoms with Crippen LogP contribution >= 0.6 is 0 Å². The van der Waals surface area contributed by atoms with E-state index in [-0.39, 0.29) is 0 Å². The summed E-state index contributed by atoms with van der Waals surface area (Å²) in [6, 6.07) is 0. The molecular weight excluding hydrogens is 201 g/mol. The number of rotatable bonds is 2. The van der Waals surface area contributed by atoms with Gasteiger partial charge in [0.25, 0.3) is 0 Å². The molecule has 0 radical (unpaired) electrons. The van der Waals surface area contributed by atoms with Crippen molar-refractivity contribution in [1.29, 1.82) is 0 Å². The molecule has 1 aliphatic heterocycles. The minimum absolute atomic E-state index is 0.504. The molecule has 0 amide bonds. The Labute approximate surface area is 77.1 Å². The molecule has 1 rings (SSSR count). The van der Waals surface area contributed by atoms with Crippen molar-refractivity contribution in [3.8, 4) is 0 Å². The number of carboxylic acids is 1. The van der Waals surface area contributed by atoms with Crippen molar-refractivity contribution in [1.82, 2.24) is 0 Å². The number of allylic oxidation sites excluding steroid dienone is 1. The molecule has 1 aliphatic rings. The first-order chi connectivity index (χ1) is 6.23. The van der Waals surface area contributed by atoms with Gasteiger partial charge in [0.15, 0.2) is 5.70 Å². The molecule has 0 saturated heterocycles. The third-order valence-corrected chi connectivity index (χ3v) is 1.63. The molecule has 0 aromatic heterocycles. The van der Waals surface area contributed by atoms with Crippen LogP contribution in [0, 0.1) is 0 Å². The van der Waals surface area contributed by atoms with Gasteiger partial charge in [0.2, 0.25) is 0 Å². The number of carboxylic acid groups (broad SMARTS) is 1. The average Bonchev–Trinajstić information content (AvgIpc) is 2.28. The zero-order chi connectivity index (χ0) is 11.0. The summed E-state index contributed by atoms with van der Waals surface area (Å²) in [5.74, 6) is -1.22. The molecule has 1 N–H and O–H groups in total. The van der Waals surface area contributed by atoms with Crippen molar-refractivity contribution in [2.45, 2.75) is 25.1 Å². The molecule has 4 nitrogen and oxygen atoms in total. The zero-order valence-electron chi connectivity index (χ0n) is 7.17. The van der Waals surface area contributed by atoms with Gasteiger partial charge >= 0.3 is 12.1 Å². The Morgan fingerprint density at radius 2 is 2.21 bits per heavy atom. The van der Waals surface area contributed by atoms with Gasteiger partial charge in [-0.2, -0.15) is 23.4 Å². The summed E-state index contributed by atoms with van der Waals surface area (Å²) >= 11 is 0. The van der Waals surface area contributed by atoms with Crippen LogP contribution in [0.5, 0.6) is 0 Å². The Bertz CT molecular complexity index is 321. The van der Waals surface area contributed by atoms with Crippen LogP contribution in [0.1, 0.15) is 13.3 Å². The summed E-state index contributed by atoms with van der Waals surface area (Å²) in [6.07, 6.45) is -4.35. The van der Waals surface area contributed by atoms with Crippen molar-refractivity contribution in [3.05, 3.63) is 11.8 Å². The maximum atomic E-state index is 12.1. The fourth-order valence-corrected chi connectivity index (χ4v) is 1.05. The van der Waals surface area contributed by atoms with Crippen molar-refractivity contribution in [2.24, 2.45) is 10.2 Å². The molecule has 0 bridgehead atoms. The molecule has 1 heterocycles. The summed E-state index contributed by atoms with van der Waals surface area (Å²) in [6.45, 7) is 1.28. The van der Waals surface area contributed by atoms with Crippen LogP contribution in [0.2, 0.25) is 0 Å². The lowest BCUT2D eigenvalue weighted by atomic mass is 9.99. The normalized spacial score (nSPS) is 26.4. The molecule has 1 atom stereocenters. The van der Waals surface area contributed by atoms with Crippen LogP contribution in [0.4, 0.5) is 13.2 Å². The maximum absolute atomic E-state index is 12.1. The summed E-state index contributed by atoms with van der Waals surface area (Å²) < 4.78 is 36.2. The maximum Gasteiger partial charge on any atom is 0.434 e. The summed E-state index contributed by atoms with van der Waals surface area (Å²) in [5, 5.41) is 14.6. The van der Waals surface area contributed by atoms with E-state index in [1.807, 2.05) is 0 Å². The monoisotopic (exact) mass is 208 g/mol. The highest BCUT2D eigenvalue weighted by atomic mass is 19.4. The highest BCUT2D eigenvalue weighted by Gasteiger charge is 2.41. The molecular formula is C7H7F3N2O2. The lowest BCUT2D eigenvalue weighted by molar-refractivity contribution is -0.137. The van der Waals surface area contributed by atoms with Crippen molar-refractivity contribution in [3.63, 3.8) is 0 Å². The van der Waals surface area contributed by atoms with E-state index in [0.717, 1.165) is 6.08 Å². The summed E-state index contributed by atoms with van der Waals surface area (Å²) in [5.41, 5.74) is -2.52. The lowest BCUT2D eigenvalue weighted by Crippen LogP contribution is -2.22. The van der Waals surface area contributed by atoms with Crippen LogP contribution in [0.25, 0.3) is 0 Å². The molecule has 0 aromatic carbocycles. The number of azo groups is 1. The van der Waals surface area contributed by atoms with E-state index in [1.165, 1.54) is 6.92 Å². The van der Waals surface area contributed by atoms with Gasteiger partial charge in [0.05, 0.1) is 6.42 Å². The van der Waals surface area contributed by atoms with E-state index < -0.39 is 29.8 Å². The number of aliphatic carboxylic acids is 1. The van der Waals surface area contributed by atoms with E-state index in [4.69, 9.17) is 5.11 Å². The predicted octanol–water partition coefficient (Wildman–Crippen LogP) is 2.13. The Kier molecular flexibility index (Phi) is 2.34. The first kappa shape index (κ1) is 10.7. The molecule has 0 spiro atoms. The molecule has 0 aliphatic carbocycles.